The van der Waals surface area contributed by atoms with Crippen LogP contribution < -0.4 is 5.32 Å². The van der Waals surface area contributed by atoms with Crippen molar-refractivity contribution < 1.29 is 14.0 Å². The molecule has 1 atom stereocenters. The Bertz CT molecular complexity index is 942. The van der Waals surface area contributed by atoms with E-state index < -0.39 is 0 Å². The van der Waals surface area contributed by atoms with Crippen LogP contribution >= 0.6 is 11.6 Å². The zero-order valence-electron chi connectivity index (χ0n) is 15.9. The van der Waals surface area contributed by atoms with Crippen molar-refractivity contribution in [3.05, 3.63) is 29.1 Å². The summed E-state index contributed by atoms with van der Waals surface area (Å²) in [6, 6.07) is 5.76. The van der Waals surface area contributed by atoms with Crippen LogP contribution in [0.1, 0.15) is 50.3 Å². The number of fused-ring (bicyclic) bond motifs is 1. The number of amides is 2. The van der Waals surface area contributed by atoms with Crippen LogP contribution in [0.4, 0.5) is 0 Å². The first-order chi connectivity index (χ1) is 13.4. The molecule has 5 rings (SSSR count). The number of oxazole rings is 1. The quantitative estimate of drug-likeness (QED) is 0.854. The summed E-state index contributed by atoms with van der Waals surface area (Å²) in [7, 11) is 1.80. The lowest BCUT2D eigenvalue weighted by molar-refractivity contribution is -0.140. The summed E-state index contributed by atoms with van der Waals surface area (Å²) in [4.78, 5) is 30.6. The van der Waals surface area contributed by atoms with E-state index in [0.717, 1.165) is 49.1 Å². The predicted molar refractivity (Wildman–Crippen MR) is 105 cm³/mol. The highest BCUT2D eigenvalue weighted by molar-refractivity contribution is 6.31. The van der Waals surface area contributed by atoms with Crippen LogP contribution in [0.25, 0.3) is 11.1 Å². The Balaban J connectivity index is 1.13. The van der Waals surface area contributed by atoms with Crippen LogP contribution in [-0.2, 0) is 9.59 Å². The van der Waals surface area contributed by atoms with Gasteiger partial charge in [-0.15, -0.1) is 0 Å². The number of rotatable bonds is 3. The number of hydrogen-bond acceptors (Lipinski definition) is 4. The van der Waals surface area contributed by atoms with Crippen molar-refractivity contribution in [2.45, 2.75) is 50.5 Å². The van der Waals surface area contributed by atoms with E-state index in [1.165, 1.54) is 0 Å². The van der Waals surface area contributed by atoms with Gasteiger partial charge < -0.3 is 14.6 Å². The van der Waals surface area contributed by atoms with E-state index in [4.69, 9.17) is 16.0 Å². The van der Waals surface area contributed by atoms with E-state index in [-0.39, 0.29) is 23.8 Å². The minimum atomic E-state index is -0.166. The van der Waals surface area contributed by atoms with E-state index in [9.17, 15) is 9.59 Å². The normalized spacial score (nSPS) is 32.3. The molecule has 1 unspecified atom stereocenters. The highest BCUT2D eigenvalue weighted by Gasteiger charge is 2.55. The van der Waals surface area contributed by atoms with Gasteiger partial charge in [0.2, 0.25) is 11.8 Å². The van der Waals surface area contributed by atoms with Crippen molar-refractivity contribution in [2.24, 2.45) is 11.3 Å². The SMILES string of the molecule is CN1CCC(C(=O)NC2CC3(C2)CC(c2nc4cc(Cl)ccc4o2)C3)CC1=O. The second-order valence-electron chi connectivity index (χ2n) is 8.89. The standard InChI is InChI=1S/C21H24ClN3O3/c1-25-5-4-12(6-18(25)26)19(27)23-15-10-21(11-15)8-13(9-21)20-24-16-7-14(22)2-3-17(16)28-20/h2-3,7,12-13,15H,4-6,8-11H2,1H3,(H,23,27). The molecule has 1 aromatic heterocycles. The summed E-state index contributed by atoms with van der Waals surface area (Å²) < 4.78 is 5.90. The van der Waals surface area contributed by atoms with E-state index >= 15 is 0 Å². The molecule has 1 aromatic carbocycles. The molecule has 0 bridgehead atoms. The van der Waals surface area contributed by atoms with Gasteiger partial charge in [-0.3, -0.25) is 9.59 Å². The third kappa shape index (κ3) is 3.08. The molecule has 0 radical (unpaired) electrons. The second-order valence-corrected chi connectivity index (χ2v) is 9.32. The Morgan fingerprint density at radius 3 is 2.86 bits per heavy atom. The van der Waals surface area contributed by atoms with Gasteiger partial charge >= 0.3 is 0 Å². The van der Waals surface area contributed by atoms with Crippen LogP contribution in [0.2, 0.25) is 5.02 Å². The maximum absolute atomic E-state index is 12.5. The summed E-state index contributed by atoms with van der Waals surface area (Å²) in [5, 5.41) is 3.83. The average Bonchev–Trinajstić information content (AvgIpc) is 3.00. The number of carbonyl (C=O) groups is 2. The number of benzene rings is 1. The van der Waals surface area contributed by atoms with Gasteiger partial charge in [-0.25, -0.2) is 4.98 Å². The topological polar surface area (TPSA) is 75.4 Å². The minimum Gasteiger partial charge on any atom is -0.440 e. The zero-order chi connectivity index (χ0) is 19.5. The van der Waals surface area contributed by atoms with Crippen LogP contribution in [0.3, 0.4) is 0 Å². The largest absolute Gasteiger partial charge is 0.440 e. The second kappa shape index (κ2) is 6.48. The number of piperidine rings is 1. The predicted octanol–water partition coefficient (Wildman–Crippen LogP) is 3.49. The Labute approximate surface area is 168 Å². The van der Waals surface area contributed by atoms with Crippen molar-refractivity contribution in [1.29, 1.82) is 0 Å². The number of hydrogen-bond donors (Lipinski definition) is 1. The molecule has 2 aliphatic carbocycles. The molecule has 2 amide bonds. The fourth-order valence-electron chi connectivity index (χ4n) is 5.16. The van der Waals surface area contributed by atoms with Gasteiger partial charge in [-0.05, 0) is 55.7 Å². The van der Waals surface area contributed by atoms with E-state index in [0.29, 0.717) is 29.3 Å². The van der Waals surface area contributed by atoms with Gasteiger partial charge in [0.1, 0.15) is 5.52 Å². The molecular formula is C21H24ClN3O3. The molecule has 2 saturated carbocycles. The Morgan fingerprint density at radius 1 is 1.32 bits per heavy atom. The van der Waals surface area contributed by atoms with Crippen molar-refractivity contribution in [3.8, 4) is 0 Å². The fourth-order valence-corrected chi connectivity index (χ4v) is 5.33. The number of halogens is 1. The molecule has 1 aliphatic heterocycles. The van der Waals surface area contributed by atoms with Crippen molar-refractivity contribution >= 4 is 34.5 Å². The summed E-state index contributed by atoms with van der Waals surface area (Å²) in [5.41, 5.74) is 1.92. The summed E-state index contributed by atoms with van der Waals surface area (Å²) in [6.07, 6.45) is 5.25. The van der Waals surface area contributed by atoms with E-state index in [2.05, 4.69) is 10.3 Å². The summed E-state index contributed by atoms with van der Waals surface area (Å²) in [6.45, 7) is 0.670. The molecule has 2 heterocycles. The Kier molecular flexibility index (Phi) is 4.16. The smallest absolute Gasteiger partial charge is 0.223 e. The average molecular weight is 402 g/mol. The first kappa shape index (κ1) is 18.0. The monoisotopic (exact) mass is 401 g/mol. The first-order valence-corrected chi connectivity index (χ1v) is 10.4. The van der Waals surface area contributed by atoms with Gasteiger partial charge in [0.05, 0.1) is 0 Å². The maximum atomic E-state index is 12.5. The zero-order valence-corrected chi connectivity index (χ0v) is 16.7. The molecular weight excluding hydrogens is 378 g/mol. The van der Waals surface area contributed by atoms with Crippen LogP contribution in [-0.4, -0.2) is 41.3 Å². The number of nitrogens with one attached hydrogen (secondary N) is 1. The molecule has 148 valence electrons. The fraction of sp³-hybridized carbons (Fsp3) is 0.571. The molecule has 7 heteroatoms. The number of likely N-dealkylation sites (tertiary alicyclic amines) is 1. The van der Waals surface area contributed by atoms with Crippen molar-refractivity contribution in [2.75, 3.05) is 13.6 Å². The molecule has 1 spiro atoms. The minimum absolute atomic E-state index is 0.0491. The van der Waals surface area contributed by atoms with Crippen molar-refractivity contribution in [1.82, 2.24) is 15.2 Å². The lowest BCUT2D eigenvalue weighted by atomic mass is 9.50. The van der Waals surface area contributed by atoms with Crippen LogP contribution in [0.5, 0.6) is 0 Å². The highest BCUT2D eigenvalue weighted by atomic mass is 35.5. The summed E-state index contributed by atoms with van der Waals surface area (Å²) in [5.74, 6) is 1.11. The van der Waals surface area contributed by atoms with Crippen LogP contribution in [0, 0.1) is 11.3 Å². The first-order valence-electron chi connectivity index (χ1n) is 10.0. The molecule has 6 nitrogen and oxygen atoms in total. The number of carbonyl (C=O) groups excluding carboxylic acids is 2. The molecule has 2 aromatic rings. The van der Waals surface area contributed by atoms with Gasteiger partial charge in [-0.2, -0.15) is 0 Å². The highest BCUT2D eigenvalue weighted by Crippen LogP contribution is 2.61. The van der Waals surface area contributed by atoms with E-state index in [1.807, 2.05) is 18.2 Å². The molecule has 3 fully saturated rings. The van der Waals surface area contributed by atoms with Gasteiger partial charge in [0, 0.05) is 42.9 Å². The lowest BCUT2D eigenvalue weighted by Gasteiger charge is -2.57. The molecule has 28 heavy (non-hydrogen) atoms. The van der Waals surface area contributed by atoms with Crippen LogP contribution in [0.15, 0.2) is 22.6 Å². The lowest BCUT2D eigenvalue weighted by Crippen LogP contribution is -2.57. The maximum Gasteiger partial charge on any atom is 0.223 e. The van der Waals surface area contributed by atoms with Gasteiger partial charge in [0.25, 0.3) is 0 Å². The third-order valence-corrected chi connectivity index (χ3v) is 7.05. The summed E-state index contributed by atoms with van der Waals surface area (Å²) >= 11 is 6.02. The third-order valence-electron chi connectivity index (χ3n) is 6.81. The number of aromatic nitrogens is 1. The molecule has 3 aliphatic rings. The van der Waals surface area contributed by atoms with Crippen molar-refractivity contribution in [3.63, 3.8) is 0 Å². The molecule has 1 N–H and O–H groups in total. The number of nitrogens with zero attached hydrogens (tertiary/aromatic N) is 2. The molecule has 1 saturated heterocycles. The Morgan fingerprint density at radius 2 is 2.11 bits per heavy atom. The van der Waals surface area contributed by atoms with Gasteiger partial charge in [0.15, 0.2) is 11.5 Å². The van der Waals surface area contributed by atoms with E-state index in [1.54, 1.807) is 11.9 Å². The Hall–Kier alpha value is -2.08. The van der Waals surface area contributed by atoms with Gasteiger partial charge in [-0.1, -0.05) is 11.6 Å².